The summed E-state index contributed by atoms with van der Waals surface area (Å²) in [6, 6.07) is 11.8. The lowest BCUT2D eigenvalue weighted by atomic mass is 10.2. The molecule has 130 valence electrons. The number of hydrogen-bond donors (Lipinski definition) is 1. The highest BCUT2D eigenvalue weighted by molar-refractivity contribution is 8.00. The van der Waals surface area contributed by atoms with Crippen molar-refractivity contribution < 1.29 is 18.4 Å². The first-order chi connectivity index (χ1) is 12.0. The van der Waals surface area contributed by atoms with E-state index in [1.54, 1.807) is 24.3 Å². The van der Waals surface area contributed by atoms with Gasteiger partial charge in [0.05, 0.1) is 5.75 Å². The van der Waals surface area contributed by atoms with Crippen LogP contribution in [0.2, 0.25) is 0 Å². The molecular formula is C18H16F2N2O2S. The van der Waals surface area contributed by atoms with Gasteiger partial charge in [-0.15, -0.1) is 11.8 Å². The second-order valence-electron chi connectivity index (χ2n) is 5.64. The summed E-state index contributed by atoms with van der Waals surface area (Å²) in [5.41, 5.74) is 1.55. The van der Waals surface area contributed by atoms with Crippen LogP contribution in [0.1, 0.15) is 16.5 Å². The van der Waals surface area contributed by atoms with Crippen molar-refractivity contribution in [2.75, 3.05) is 12.3 Å². The lowest BCUT2D eigenvalue weighted by Crippen LogP contribution is -2.39. The lowest BCUT2D eigenvalue weighted by molar-refractivity contribution is -0.133. The number of benzene rings is 2. The molecule has 1 aliphatic heterocycles. The molecule has 0 aromatic heterocycles. The number of rotatable bonds is 5. The third-order valence-corrected chi connectivity index (χ3v) is 5.10. The van der Waals surface area contributed by atoms with Gasteiger partial charge in [-0.05, 0) is 35.4 Å². The molecule has 2 aromatic carbocycles. The zero-order chi connectivity index (χ0) is 17.8. The summed E-state index contributed by atoms with van der Waals surface area (Å²) in [4.78, 5) is 25.7. The third-order valence-electron chi connectivity index (χ3n) is 3.84. The number of nitrogens with zero attached hydrogens (tertiary/aromatic N) is 1. The summed E-state index contributed by atoms with van der Waals surface area (Å²) >= 11 is 1.41. The number of nitrogens with one attached hydrogen (secondary N) is 1. The number of carbonyl (C=O) groups excluding carboxylic acids is 2. The summed E-state index contributed by atoms with van der Waals surface area (Å²) in [6.45, 7) is 0.185. The highest BCUT2D eigenvalue weighted by Crippen LogP contribution is 2.38. The van der Waals surface area contributed by atoms with E-state index in [0.29, 0.717) is 0 Å². The maximum absolute atomic E-state index is 13.1. The fourth-order valence-electron chi connectivity index (χ4n) is 2.54. The number of amides is 2. The quantitative estimate of drug-likeness (QED) is 0.890. The van der Waals surface area contributed by atoms with Gasteiger partial charge in [0.1, 0.15) is 23.6 Å². The molecule has 0 saturated carbocycles. The van der Waals surface area contributed by atoms with Gasteiger partial charge in [-0.3, -0.25) is 9.59 Å². The number of hydrogen-bond acceptors (Lipinski definition) is 3. The van der Waals surface area contributed by atoms with Crippen molar-refractivity contribution in [3.8, 4) is 0 Å². The van der Waals surface area contributed by atoms with Gasteiger partial charge in [0.15, 0.2) is 0 Å². The Morgan fingerprint density at radius 3 is 2.32 bits per heavy atom. The topological polar surface area (TPSA) is 49.4 Å². The van der Waals surface area contributed by atoms with Crippen LogP contribution in [0.3, 0.4) is 0 Å². The van der Waals surface area contributed by atoms with E-state index in [-0.39, 0.29) is 47.7 Å². The van der Waals surface area contributed by atoms with Gasteiger partial charge in [0, 0.05) is 6.54 Å². The van der Waals surface area contributed by atoms with Crippen LogP contribution in [0, 0.1) is 11.6 Å². The smallest absolute Gasteiger partial charge is 0.239 e. The Hall–Kier alpha value is -2.41. The summed E-state index contributed by atoms with van der Waals surface area (Å²) in [5, 5.41) is 2.42. The predicted molar refractivity (Wildman–Crippen MR) is 91.6 cm³/mol. The summed E-state index contributed by atoms with van der Waals surface area (Å²) in [7, 11) is 0. The van der Waals surface area contributed by atoms with Crippen LogP contribution >= 0.6 is 11.8 Å². The predicted octanol–water partition coefficient (Wildman–Crippen LogP) is 2.86. The molecule has 0 spiro atoms. The van der Waals surface area contributed by atoms with Crippen LogP contribution in [-0.4, -0.2) is 29.0 Å². The number of carbonyl (C=O) groups is 2. The number of halogens is 2. The second-order valence-corrected chi connectivity index (χ2v) is 6.71. The minimum atomic E-state index is -0.346. The van der Waals surface area contributed by atoms with Crippen LogP contribution in [0.4, 0.5) is 8.78 Å². The highest BCUT2D eigenvalue weighted by atomic mass is 32.2. The Morgan fingerprint density at radius 1 is 1.08 bits per heavy atom. The minimum Gasteiger partial charge on any atom is -0.350 e. The summed E-state index contributed by atoms with van der Waals surface area (Å²) in [6.07, 6.45) is 0. The molecule has 2 amide bonds. The molecule has 1 unspecified atom stereocenters. The molecule has 1 aliphatic rings. The van der Waals surface area contributed by atoms with Gasteiger partial charge >= 0.3 is 0 Å². The van der Waals surface area contributed by atoms with E-state index < -0.39 is 0 Å². The zero-order valence-corrected chi connectivity index (χ0v) is 14.1. The van der Waals surface area contributed by atoms with Crippen molar-refractivity contribution in [3.05, 3.63) is 71.3 Å². The van der Waals surface area contributed by atoms with Crippen LogP contribution < -0.4 is 5.32 Å². The van der Waals surface area contributed by atoms with E-state index in [1.807, 2.05) is 0 Å². The van der Waals surface area contributed by atoms with Crippen molar-refractivity contribution in [3.63, 3.8) is 0 Å². The molecule has 3 rings (SSSR count). The van der Waals surface area contributed by atoms with Gasteiger partial charge in [0.2, 0.25) is 11.8 Å². The molecule has 0 bridgehead atoms. The molecule has 0 radical (unpaired) electrons. The Morgan fingerprint density at radius 2 is 1.68 bits per heavy atom. The maximum Gasteiger partial charge on any atom is 0.239 e. The first kappa shape index (κ1) is 17.4. The largest absolute Gasteiger partial charge is 0.350 e. The summed E-state index contributed by atoms with van der Waals surface area (Å²) in [5.74, 6) is -0.824. The average Bonchev–Trinajstić information content (AvgIpc) is 2.96. The van der Waals surface area contributed by atoms with Crippen LogP contribution in [0.15, 0.2) is 48.5 Å². The molecule has 2 aromatic rings. The summed E-state index contributed by atoms with van der Waals surface area (Å²) < 4.78 is 25.9. The van der Waals surface area contributed by atoms with Crippen molar-refractivity contribution in [2.24, 2.45) is 0 Å². The lowest BCUT2D eigenvalue weighted by Gasteiger charge is -2.23. The molecule has 1 atom stereocenters. The van der Waals surface area contributed by atoms with Crippen LogP contribution in [0.5, 0.6) is 0 Å². The normalized spacial score (nSPS) is 17.0. The molecule has 1 fully saturated rings. The monoisotopic (exact) mass is 362 g/mol. The van der Waals surface area contributed by atoms with E-state index in [4.69, 9.17) is 0 Å². The molecule has 4 nitrogen and oxygen atoms in total. The minimum absolute atomic E-state index is 0.0743. The van der Waals surface area contributed by atoms with E-state index >= 15 is 0 Å². The molecular weight excluding hydrogens is 346 g/mol. The van der Waals surface area contributed by atoms with E-state index in [2.05, 4.69) is 5.32 Å². The van der Waals surface area contributed by atoms with Crippen LogP contribution in [0.25, 0.3) is 0 Å². The van der Waals surface area contributed by atoms with Gasteiger partial charge < -0.3 is 10.2 Å². The average molecular weight is 362 g/mol. The van der Waals surface area contributed by atoms with Crippen molar-refractivity contribution in [1.29, 1.82) is 0 Å². The van der Waals surface area contributed by atoms with Gasteiger partial charge in [-0.1, -0.05) is 24.3 Å². The third kappa shape index (κ3) is 4.36. The van der Waals surface area contributed by atoms with E-state index in [1.165, 1.54) is 40.9 Å². The zero-order valence-electron chi connectivity index (χ0n) is 13.2. The van der Waals surface area contributed by atoms with Gasteiger partial charge in [0.25, 0.3) is 0 Å². The Labute approximate surface area is 148 Å². The molecule has 1 heterocycles. The standard InChI is InChI=1S/C18H16F2N2O2S/c19-14-5-1-12(2-6-14)9-21-16(23)10-22-17(24)11-25-18(22)13-3-7-15(20)8-4-13/h1-8,18H,9-11H2,(H,21,23). The Balaban J connectivity index is 1.61. The van der Waals surface area contributed by atoms with Crippen molar-refractivity contribution in [1.82, 2.24) is 10.2 Å². The SMILES string of the molecule is O=C(CN1C(=O)CSC1c1ccc(F)cc1)NCc1ccc(F)cc1. The van der Waals surface area contributed by atoms with Gasteiger partial charge in [-0.25, -0.2) is 8.78 Å². The van der Waals surface area contributed by atoms with Gasteiger partial charge in [-0.2, -0.15) is 0 Å². The fourth-order valence-corrected chi connectivity index (χ4v) is 3.73. The van der Waals surface area contributed by atoms with Crippen molar-refractivity contribution in [2.45, 2.75) is 11.9 Å². The molecule has 1 N–H and O–H groups in total. The molecule has 0 aliphatic carbocycles. The first-order valence-corrected chi connectivity index (χ1v) is 8.75. The fraction of sp³-hybridized carbons (Fsp3) is 0.222. The first-order valence-electron chi connectivity index (χ1n) is 7.70. The van der Waals surface area contributed by atoms with Crippen molar-refractivity contribution >= 4 is 23.6 Å². The maximum atomic E-state index is 13.1. The number of thioether (sulfide) groups is 1. The molecule has 25 heavy (non-hydrogen) atoms. The second kappa shape index (κ2) is 7.65. The molecule has 1 saturated heterocycles. The van der Waals surface area contributed by atoms with E-state index in [9.17, 15) is 18.4 Å². The molecule has 7 heteroatoms. The Bertz CT molecular complexity index is 766. The van der Waals surface area contributed by atoms with E-state index in [0.717, 1.165) is 11.1 Å². The van der Waals surface area contributed by atoms with Crippen LogP contribution in [-0.2, 0) is 16.1 Å². The highest BCUT2D eigenvalue weighted by Gasteiger charge is 2.34. The Kier molecular flexibility index (Phi) is 5.33.